The number of sulfonamides is 1. The van der Waals surface area contributed by atoms with Gasteiger partial charge in [0.1, 0.15) is 5.82 Å². The van der Waals surface area contributed by atoms with Gasteiger partial charge in [0.05, 0.1) is 16.3 Å². The first-order chi connectivity index (χ1) is 10.4. The van der Waals surface area contributed by atoms with Crippen molar-refractivity contribution in [3.05, 3.63) is 53.1 Å². The van der Waals surface area contributed by atoms with E-state index >= 15 is 0 Å². The predicted molar refractivity (Wildman–Crippen MR) is 83.0 cm³/mol. The summed E-state index contributed by atoms with van der Waals surface area (Å²) in [4.78, 5) is 4.39. The van der Waals surface area contributed by atoms with Crippen molar-refractivity contribution in [2.24, 2.45) is 0 Å². The van der Waals surface area contributed by atoms with Crippen LogP contribution < -0.4 is 4.31 Å². The minimum absolute atomic E-state index is 0.126. The van der Waals surface area contributed by atoms with E-state index in [2.05, 4.69) is 4.98 Å². The zero-order valence-electron chi connectivity index (χ0n) is 12.5. The van der Waals surface area contributed by atoms with Crippen LogP contribution >= 0.6 is 0 Å². The molecule has 22 heavy (non-hydrogen) atoms. The molecule has 0 radical (unpaired) electrons. The molecule has 4 nitrogen and oxygen atoms in total. The lowest BCUT2D eigenvalue weighted by Gasteiger charge is -2.29. The number of halogens is 1. The summed E-state index contributed by atoms with van der Waals surface area (Å²) in [7, 11) is -3.71. The standard InChI is InChI=1S/C16H17FN2O2S/c1-11-9-13(10-12(2)16(11)17)22(20,21)19-8-4-5-14-15(19)6-3-7-18-14/h3,6-7,9-10H,4-5,8H2,1-2H3. The molecular weight excluding hydrogens is 303 g/mol. The van der Waals surface area contributed by atoms with Crippen LogP contribution in [0.25, 0.3) is 0 Å². The summed E-state index contributed by atoms with van der Waals surface area (Å²) < 4.78 is 41.0. The van der Waals surface area contributed by atoms with E-state index in [1.165, 1.54) is 16.4 Å². The fraction of sp³-hybridized carbons (Fsp3) is 0.312. The normalized spacial score (nSPS) is 14.8. The molecular formula is C16H17FN2O2S. The maximum absolute atomic E-state index is 13.8. The molecule has 1 aromatic carbocycles. The number of aryl methyl sites for hydroxylation is 3. The van der Waals surface area contributed by atoms with Gasteiger partial charge in [0.25, 0.3) is 10.0 Å². The SMILES string of the molecule is Cc1cc(S(=O)(=O)N2CCCc3ncccc32)cc(C)c1F. The summed E-state index contributed by atoms with van der Waals surface area (Å²) in [5, 5.41) is 0. The van der Waals surface area contributed by atoms with Crippen LogP contribution in [0.4, 0.5) is 10.1 Å². The van der Waals surface area contributed by atoms with Crippen molar-refractivity contribution in [3.63, 3.8) is 0 Å². The second-order valence-corrected chi connectivity index (χ2v) is 7.38. The molecule has 0 saturated heterocycles. The minimum atomic E-state index is -3.71. The molecule has 2 heterocycles. The Morgan fingerprint density at radius 1 is 1.23 bits per heavy atom. The fourth-order valence-electron chi connectivity index (χ4n) is 2.79. The van der Waals surface area contributed by atoms with Crippen LogP contribution in [-0.4, -0.2) is 19.9 Å². The number of hydrogen-bond donors (Lipinski definition) is 0. The molecule has 1 aliphatic rings. The second-order valence-electron chi connectivity index (χ2n) is 5.52. The van der Waals surface area contributed by atoms with E-state index in [1.807, 2.05) is 0 Å². The zero-order chi connectivity index (χ0) is 15.9. The van der Waals surface area contributed by atoms with E-state index in [0.717, 1.165) is 18.5 Å². The highest BCUT2D eigenvalue weighted by Crippen LogP contribution is 2.31. The van der Waals surface area contributed by atoms with Gasteiger partial charge >= 0.3 is 0 Å². The Hall–Kier alpha value is -1.95. The largest absolute Gasteiger partial charge is 0.264 e. The molecule has 0 fully saturated rings. The zero-order valence-corrected chi connectivity index (χ0v) is 13.3. The maximum Gasteiger partial charge on any atom is 0.264 e. The van der Waals surface area contributed by atoms with Gasteiger partial charge in [-0.1, -0.05) is 0 Å². The third-order valence-electron chi connectivity index (χ3n) is 3.91. The van der Waals surface area contributed by atoms with Gasteiger partial charge < -0.3 is 0 Å². The van der Waals surface area contributed by atoms with E-state index in [-0.39, 0.29) is 10.7 Å². The van der Waals surface area contributed by atoms with Gasteiger partial charge in [-0.05, 0) is 62.1 Å². The van der Waals surface area contributed by atoms with Crippen LogP contribution in [0.5, 0.6) is 0 Å². The number of hydrogen-bond acceptors (Lipinski definition) is 3. The predicted octanol–water partition coefficient (Wildman–Crippen LogP) is 2.98. The van der Waals surface area contributed by atoms with Crippen LogP contribution in [0, 0.1) is 19.7 Å². The molecule has 0 spiro atoms. The summed E-state index contributed by atoms with van der Waals surface area (Å²) in [6.45, 7) is 3.57. The van der Waals surface area contributed by atoms with Gasteiger partial charge in [0, 0.05) is 12.7 Å². The van der Waals surface area contributed by atoms with E-state index in [0.29, 0.717) is 23.4 Å². The summed E-state index contributed by atoms with van der Waals surface area (Å²) >= 11 is 0. The van der Waals surface area contributed by atoms with Crippen molar-refractivity contribution < 1.29 is 12.8 Å². The highest BCUT2D eigenvalue weighted by atomic mass is 32.2. The number of nitrogens with zero attached hydrogens (tertiary/aromatic N) is 2. The average Bonchev–Trinajstić information content (AvgIpc) is 2.51. The van der Waals surface area contributed by atoms with Gasteiger partial charge in [-0.25, -0.2) is 12.8 Å². The van der Waals surface area contributed by atoms with Gasteiger partial charge in [0.2, 0.25) is 0 Å². The molecule has 116 valence electrons. The van der Waals surface area contributed by atoms with Crippen LogP contribution in [-0.2, 0) is 16.4 Å². The van der Waals surface area contributed by atoms with Gasteiger partial charge in [-0.3, -0.25) is 9.29 Å². The van der Waals surface area contributed by atoms with Crippen molar-refractivity contribution in [2.75, 3.05) is 10.8 Å². The molecule has 0 saturated carbocycles. The molecule has 0 atom stereocenters. The fourth-order valence-corrected chi connectivity index (χ4v) is 4.49. The average molecular weight is 320 g/mol. The van der Waals surface area contributed by atoms with E-state index in [1.54, 1.807) is 32.2 Å². The molecule has 0 N–H and O–H groups in total. The Balaban J connectivity index is 2.12. The molecule has 0 aliphatic carbocycles. The maximum atomic E-state index is 13.8. The summed E-state index contributed by atoms with van der Waals surface area (Å²) in [6, 6.07) is 6.28. The molecule has 1 aliphatic heterocycles. The number of rotatable bonds is 2. The lowest BCUT2D eigenvalue weighted by Crippen LogP contribution is -2.36. The first-order valence-corrected chi connectivity index (χ1v) is 8.58. The molecule has 1 aromatic heterocycles. The smallest absolute Gasteiger partial charge is 0.264 e. The Kier molecular flexibility index (Phi) is 3.64. The number of aromatic nitrogens is 1. The first kappa shape index (κ1) is 15.0. The van der Waals surface area contributed by atoms with Crippen LogP contribution in [0.3, 0.4) is 0 Å². The van der Waals surface area contributed by atoms with E-state index in [4.69, 9.17) is 0 Å². The van der Waals surface area contributed by atoms with Crippen molar-refractivity contribution in [1.29, 1.82) is 0 Å². The number of anilines is 1. The number of benzene rings is 1. The Morgan fingerprint density at radius 3 is 2.59 bits per heavy atom. The van der Waals surface area contributed by atoms with Gasteiger partial charge in [-0.15, -0.1) is 0 Å². The van der Waals surface area contributed by atoms with Crippen molar-refractivity contribution in [1.82, 2.24) is 4.98 Å². The molecule has 0 bridgehead atoms. The molecule has 0 unspecified atom stereocenters. The quantitative estimate of drug-likeness (QED) is 0.855. The topological polar surface area (TPSA) is 50.3 Å². The molecule has 3 rings (SSSR count). The third-order valence-corrected chi connectivity index (χ3v) is 5.70. The number of fused-ring (bicyclic) bond motifs is 1. The highest BCUT2D eigenvalue weighted by Gasteiger charge is 2.30. The minimum Gasteiger partial charge on any atom is -0.264 e. The first-order valence-electron chi connectivity index (χ1n) is 7.14. The van der Waals surface area contributed by atoms with Crippen molar-refractivity contribution in [2.45, 2.75) is 31.6 Å². The summed E-state index contributed by atoms with van der Waals surface area (Å²) in [5.74, 6) is -0.361. The molecule has 2 aromatic rings. The van der Waals surface area contributed by atoms with Crippen LogP contribution in [0.15, 0.2) is 35.4 Å². The van der Waals surface area contributed by atoms with E-state index < -0.39 is 10.0 Å². The second kappa shape index (κ2) is 5.35. The third kappa shape index (κ3) is 2.37. The Morgan fingerprint density at radius 2 is 1.91 bits per heavy atom. The monoisotopic (exact) mass is 320 g/mol. The summed E-state index contributed by atoms with van der Waals surface area (Å²) in [6.07, 6.45) is 3.16. The Bertz CT molecular complexity index is 811. The van der Waals surface area contributed by atoms with E-state index in [9.17, 15) is 12.8 Å². The van der Waals surface area contributed by atoms with Crippen LogP contribution in [0.1, 0.15) is 23.2 Å². The van der Waals surface area contributed by atoms with Gasteiger partial charge in [-0.2, -0.15) is 0 Å². The summed E-state index contributed by atoms with van der Waals surface area (Å²) in [5.41, 5.74) is 2.07. The van der Waals surface area contributed by atoms with Gasteiger partial charge in [0.15, 0.2) is 0 Å². The lowest BCUT2D eigenvalue weighted by molar-refractivity contribution is 0.583. The van der Waals surface area contributed by atoms with Crippen molar-refractivity contribution >= 4 is 15.7 Å². The highest BCUT2D eigenvalue weighted by molar-refractivity contribution is 7.92. The van der Waals surface area contributed by atoms with Crippen LogP contribution in [0.2, 0.25) is 0 Å². The molecule has 0 amide bonds. The van der Waals surface area contributed by atoms with Crippen molar-refractivity contribution in [3.8, 4) is 0 Å². The molecule has 6 heteroatoms. The Labute approximate surface area is 129 Å². The lowest BCUT2D eigenvalue weighted by atomic mass is 10.1. The number of pyridine rings is 1.